The summed E-state index contributed by atoms with van der Waals surface area (Å²) in [6.07, 6.45) is 5.45. The Morgan fingerprint density at radius 3 is 2.62 bits per heavy atom. The quantitative estimate of drug-likeness (QED) is 0.163. The Hall–Kier alpha value is -4.63. The third-order valence-corrected chi connectivity index (χ3v) is 10.2. The lowest BCUT2D eigenvalue weighted by Crippen LogP contribution is -2.40. The number of primary amides is 1. The number of para-hydroxylation sites is 1. The van der Waals surface area contributed by atoms with Crippen LogP contribution in [0, 0.1) is 10.1 Å². The lowest BCUT2D eigenvalue weighted by atomic mass is 9.90. The van der Waals surface area contributed by atoms with E-state index in [4.69, 9.17) is 10.5 Å². The van der Waals surface area contributed by atoms with Crippen molar-refractivity contribution in [1.82, 2.24) is 14.9 Å². The average Bonchev–Trinajstić information content (AvgIpc) is 3.63. The number of benzene rings is 2. The zero-order chi connectivity index (χ0) is 31.9. The van der Waals surface area contributed by atoms with Crippen LogP contribution in [0.2, 0.25) is 0 Å². The first-order valence-corrected chi connectivity index (χ1v) is 15.9. The number of carbonyl (C=O) groups is 1. The van der Waals surface area contributed by atoms with Gasteiger partial charge in [0.2, 0.25) is 9.84 Å². The van der Waals surface area contributed by atoms with E-state index in [-0.39, 0.29) is 52.7 Å². The number of nitrogens with two attached hydrogens (primary N) is 1. The van der Waals surface area contributed by atoms with E-state index >= 15 is 0 Å². The number of aromatic amines is 1. The van der Waals surface area contributed by atoms with Gasteiger partial charge in [0.1, 0.15) is 22.0 Å². The van der Waals surface area contributed by atoms with E-state index < -0.39 is 37.2 Å². The Morgan fingerprint density at radius 1 is 1.16 bits per heavy atom. The number of anilines is 1. The average molecular weight is 641 g/mol. The first-order chi connectivity index (χ1) is 21.4. The molecule has 12 nitrogen and oxygen atoms in total. The summed E-state index contributed by atoms with van der Waals surface area (Å²) in [5.41, 5.74) is 5.62. The molecule has 15 heteroatoms. The predicted octanol–water partition coefficient (Wildman–Crippen LogP) is 5.26. The molecule has 236 valence electrons. The third kappa shape index (κ3) is 6.17. The molecule has 1 aliphatic carbocycles. The lowest BCUT2D eigenvalue weighted by molar-refractivity contribution is -0.384. The molecule has 6 rings (SSSR count). The van der Waals surface area contributed by atoms with Crippen LogP contribution < -0.4 is 15.8 Å². The molecule has 0 unspecified atom stereocenters. The first kappa shape index (κ1) is 30.4. The summed E-state index contributed by atoms with van der Waals surface area (Å²) in [5, 5.41) is 15.9. The summed E-state index contributed by atoms with van der Waals surface area (Å²) >= 11 is 0. The van der Waals surface area contributed by atoms with Crippen molar-refractivity contribution in [2.24, 2.45) is 5.73 Å². The van der Waals surface area contributed by atoms with Crippen LogP contribution in [0.25, 0.3) is 11.0 Å². The van der Waals surface area contributed by atoms with Crippen molar-refractivity contribution in [3.8, 4) is 11.5 Å². The largest absolute Gasteiger partial charge is 0.453 e. The Morgan fingerprint density at radius 2 is 1.93 bits per heavy atom. The van der Waals surface area contributed by atoms with Gasteiger partial charge in [-0.3, -0.25) is 19.8 Å². The van der Waals surface area contributed by atoms with Crippen LogP contribution in [-0.2, 0) is 9.84 Å². The molecule has 3 heterocycles. The van der Waals surface area contributed by atoms with E-state index in [1.54, 1.807) is 18.3 Å². The molecule has 4 N–H and O–H groups in total. The molecule has 0 bridgehead atoms. The number of H-pyrrole nitrogens is 1. The first-order valence-electron chi connectivity index (χ1n) is 14.4. The summed E-state index contributed by atoms with van der Waals surface area (Å²) in [7, 11) is -4.47. The fraction of sp³-hybridized carbons (Fsp3) is 0.333. The molecule has 2 aromatic heterocycles. The second-order valence-electron chi connectivity index (χ2n) is 11.4. The van der Waals surface area contributed by atoms with E-state index in [9.17, 15) is 32.1 Å². The summed E-state index contributed by atoms with van der Waals surface area (Å²) in [6, 6.07) is 10.6. The zero-order valence-electron chi connectivity index (χ0n) is 23.9. The molecule has 1 aliphatic heterocycles. The van der Waals surface area contributed by atoms with Crippen LogP contribution in [0.4, 0.5) is 20.2 Å². The second-order valence-corrected chi connectivity index (χ2v) is 13.3. The smallest absolute Gasteiger partial charge is 0.293 e. The number of nitrogens with one attached hydrogen (secondary N) is 2. The number of ether oxygens (including phenoxy) is 1. The number of aromatic nitrogens is 2. The van der Waals surface area contributed by atoms with Gasteiger partial charge in [-0.2, -0.15) is 0 Å². The summed E-state index contributed by atoms with van der Waals surface area (Å²) in [5.74, 6) is -3.79. The van der Waals surface area contributed by atoms with Gasteiger partial charge in [0.05, 0.1) is 28.1 Å². The highest BCUT2D eigenvalue weighted by atomic mass is 32.2. The van der Waals surface area contributed by atoms with E-state index in [0.717, 1.165) is 6.07 Å². The number of pyridine rings is 1. The number of fused-ring (bicyclic) bond motifs is 1. The van der Waals surface area contributed by atoms with Crippen molar-refractivity contribution in [3.05, 3.63) is 76.6 Å². The number of alkyl halides is 2. The highest BCUT2D eigenvalue weighted by molar-refractivity contribution is 7.91. The maximum Gasteiger partial charge on any atom is 0.293 e. The molecule has 0 radical (unpaired) electrons. The van der Waals surface area contributed by atoms with E-state index in [2.05, 4.69) is 15.3 Å². The molecular formula is C30H30F2N6O6S. The monoisotopic (exact) mass is 640 g/mol. The number of rotatable bonds is 9. The predicted molar refractivity (Wildman–Crippen MR) is 160 cm³/mol. The normalized spacial score (nSPS) is 20.2. The van der Waals surface area contributed by atoms with Gasteiger partial charge in [-0.05, 0) is 62.1 Å². The number of hydrogen-bond acceptors (Lipinski definition) is 9. The maximum atomic E-state index is 13.9. The second kappa shape index (κ2) is 11.7. The van der Waals surface area contributed by atoms with Crippen molar-refractivity contribution in [3.63, 3.8) is 0 Å². The van der Waals surface area contributed by atoms with Crippen LogP contribution in [0.15, 0.2) is 70.7 Å². The number of nitro groups is 1. The topological polar surface area (TPSA) is 174 Å². The van der Waals surface area contributed by atoms with Gasteiger partial charge in [-0.15, -0.1) is 0 Å². The number of amides is 1. The Labute approximate surface area is 256 Å². The number of sulfone groups is 1. The minimum Gasteiger partial charge on any atom is -0.453 e. The fourth-order valence-corrected chi connectivity index (χ4v) is 7.50. The van der Waals surface area contributed by atoms with Crippen LogP contribution >= 0.6 is 0 Å². The maximum absolute atomic E-state index is 13.9. The molecule has 1 amide bonds. The van der Waals surface area contributed by atoms with Crippen molar-refractivity contribution in [1.29, 1.82) is 0 Å². The zero-order valence-corrected chi connectivity index (χ0v) is 24.7. The van der Waals surface area contributed by atoms with E-state index in [1.807, 2.05) is 4.90 Å². The number of hydrogen-bond donors (Lipinski definition) is 3. The highest BCUT2D eigenvalue weighted by Gasteiger charge is 2.41. The molecule has 2 aromatic carbocycles. The summed E-state index contributed by atoms with van der Waals surface area (Å²) < 4.78 is 61.1. The molecule has 4 aromatic rings. The van der Waals surface area contributed by atoms with Gasteiger partial charge in [0.15, 0.2) is 5.75 Å². The van der Waals surface area contributed by atoms with Crippen molar-refractivity contribution < 1.29 is 31.7 Å². The molecular weight excluding hydrogens is 610 g/mol. The van der Waals surface area contributed by atoms with Crippen LogP contribution in [-0.4, -0.2) is 65.2 Å². The Kier molecular flexibility index (Phi) is 7.91. The number of carbonyl (C=O) groups excluding carboxylic acids is 1. The standard InChI is InChI=1S/C30H30F2N6O6S/c31-30(32)11-13-37(17-30)20-6-4-19(5-7-20)36-24-9-8-22(15-25(24)38(40)41)45(42,43)26-3-1-2-23(28(33)39)27(26)44-21-14-18-10-12-34-29(18)35-16-21/h1-3,8-10,12,14-16,19-20,36H,4-7,11,13,17H2,(H2,33,39)(H,34,35). The van der Waals surface area contributed by atoms with Gasteiger partial charge in [-0.1, -0.05) is 6.07 Å². The van der Waals surface area contributed by atoms with Crippen LogP contribution in [0.5, 0.6) is 11.5 Å². The van der Waals surface area contributed by atoms with Crippen molar-refractivity contribution in [2.45, 2.75) is 59.9 Å². The SMILES string of the molecule is NC(=O)c1cccc(S(=O)(=O)c2ccc(NC3CCC(N4CCC(F)(F)C4)CC3)c([N+](=O)[O-])c2)c1Oc1cnc2[nH]ccc2c1. The number of nitro benzene ring substituents is 1. The minimum absolute atomic E-state index is 0.0345. The summed E-state index contributed by atoms with van der Waals surface area (Å²) in [6.45, 7) is 0.108. The molecule has 0 spiro atoms. The molecule has 1 saturated heterocycles. The molecule has 45 heavy (non-hydrogen) atoms. The molecule has 1 saturated carbocycles. The fourth-order valence-electron chi connectivity index (χ4n) is 6.08. The van der Waals surface area contributed by atoms with Crippen molar-refractivity contribution >= 4 is 38.2 Å². The van der Waals surface area contributed by atoms with Gasteiger partial charge >= 0.3 is 0 Å². The minimum atomic E-state index is -4.47. The highest BCUT2D eigenvalue weighted by Crippen LogP contribution is 2.39. The van der Waals surface area contributed by atoms with Crippen LogP contribution in [0.3, 0.4) is 0 Å². The number of halogens is 2. The van der Waals surface area contributed by atoms with E-state index in [0.29, 0.717) is 43.3 Å². The van der Waals surface area contributed by atoms with Crippen LogP contribution in [0.1, 0.15) is 42.5 Å². The number of likely N-dealkylation sites (tertiary alicyclic amines) is 1. The molecule has 2 fully saturated rings. The molecule has 2 aliphatic rings. The summed E-state index contributed by atoms with van der Waals surface area (Å²) in [4.78, 5) is 31.9. The van der Waals surface area contributed by atoms with Gasteiger partial charge in [-0.25, -0.2) is 22.2 Å². The Bertz CT molecular complexity index is 1890. The van der Waals surface area contributed by atoms with Gasteiger partial charge in [0.25, 0.3) is 17.5 Å². The lowest BCUT2D eigenvalue weighted by Gasteiger charge is -2.35. The van der Waals surface area contributed by atoms with Gasteiger partial charge < -0.3 is 20.8 Å². The van der Waals surface area contributed by atoms with Crippen molar-refractivity contribution in [2.75, 3.05) is 18.4 Å². The number of nitrogens with zero attached hydrogens (tertiary/aromatic N) is 3. The third-order valence-electron chi connectivity index (χ3n) is 8.38. The van der Waals surface area contributed by atoms with Gasteiger partial charge in [0, 0.05) is 42.7 Å². The molecule has 0 atom stereocenters. The Balaban J connectivity index is 1.26. The van der Waals surface area contributed by atoms with E-state index in [1.165, 1.54) is 36.5 Å².